The van der Waals surface area contributed by atoms with E-state index in [1.807, 2.05) is 39.9 Å². The molecule has 7 nitrogen and oxygen atoms in total. The number of aryl methyl sites for hydroxylation is 2. The largest absolute Gasteiger partial charge is 0.494 e. The van der Waals surface area contributed by atoms with Gasteiger partial charge in [-0.2, -0.15) is 0 Å². The Morgan fingerprint density at radius 2 is 1.82 bits per heavy atom. The molecule has 3 aromatic rings. The van der Waals surface area contributed by atoms with E-state index in [1.165, 1.54) is 43.2 Å². The molecule has 1 aromatic heterocycles. The topological polar surface area (TPSA) is 73.1 Å². The number of anilines is 1. The number of hydrogen-bond donors (Lipinski definition) is 0. The minimum Gasteiger partial charge on any atom is -0.494 e. The molecule has 1 amide bonds. The van der Waals surface area contributed by atoms with Crippen LogP contribution in [0.2, 0.25) is 0 Å². The number of benzene rings is 2. The molecule has 0 saturated heterocycles. The summed E-state index contributed by atoms with van der Waals surface area (Å²) in [6.45, 7) is 1.32. The molecule has 0 unspecified atom stereocenters. The lowest BCUT2D eigenvalue weighted by Crippen LogP contribution is -2.36. The molecule has 0 spiro atoms. The first-order valence-corrected chi connectivity index (χ1v) is 12.6. The minimum absolute atomic E-state index is 0.202. The third-order valence-electron chi connectivity index (χ3n) is 7.01. The lowest BCUT2D eigenvalue weighted by atomic mass is 9.95. The number of tetrazole rings is 1. The average Bonchev–Trinajstić information content (AvgIpc) is 3.36. The fraction of sp³-hybridized carbons (Fsp3) is 0.481. The van der Waals surface area contributed by atoms with Crippen molar-refractivity contribution in [2.75, 3.05) is 18.1 Å². The van der Waals surface area contributed by atoms with Crippen molar-refractivity contribution in [1.82, 2.24) is 20.2 Å². The number of carbonyl (C=O) groups excluding carboxylic acids is 1. The van der Waals surface area contributed by atoms with Crippen molar-refractivity contribution in [2.45, 2.75) is 70.3 Å². The van der Waals surface area contributed by atoms with Crippen LogP contribution in [0, 0.1) is 0 Å². The summed E-state index contributed by atoms with van der Waals surface area (Å²) in [5, 5.41) is 12.4. The molecule has 1 fully saturated rings. The smallest absolute Gasteiger partial charge is 0.227 e. The molecule has 1 aliphatic heterocycles. The number of amides is 1. The van der Waals surface area contributed by atoms with E-state index in [9.17, 15) is 4.79 Å². The van der Waals surface area contributed by atoms with E-state index in [0.717, 1.165) is 42.9 Å². The van der Waals surface area contributed by atoms with E-state index in [-0.39, 0.29) is 5.91 Å². The number of aromatic nitrogens is 4. The van der Waals surface area contributed by atoms with Crippen LogP contribution >= 0.6 is 0 Å². The van der Waals surface area contributed by atoms with Crippen LogP contribution in [0.4, 0.5) is 5.69 Å². The number of fused-ring (bicyclic) bond motifs is 1. The first kappa shape index (κ1) is 22.6. The van der Waals surface area contributed by atoms with Gasteiger partial charge in [-0.3, -0.25) is 4.79 Å². The summed E-state index contributed by atoms with van der Waals surface area (Å²) >= 11 is 0. The standard InChI is InChI=1S/C27H33N5O2/c33-27-16-13-22-20-24(14-15-25(22)31(27)18-17-21-8-3-1-4-9-21)34-19-7-12-26-28-29-30-32(26)23-10-5-2-6-11-23/h1,3-4,8-9,14-15,20,23H,2,5-7,10-13,16-19H2. The summed E-state index contributed by atoms with van der Waals surface area (Å²) in [6.07, 6.45) is 10.1. The second-order valence-electron chi connectivity index (χ2n) is 9.36. The highest BCUT2D eigenvalue weighted by molar-refractivity contribution is 5.96. The van der Waals surface area contributed by atoms with Gasteiger partial charge < -0.3 is 9.64 Å². The van der Waals surface area contributed by atoms with Gasteiger partial charge in [0.1, 0.15) is 5.75 Å². The highest BCUT2D eigenvalue weighted by Gasteiger charge is 2.24. The van der Waals surface area contributed by atoms with Gasteiger partial charge in [0.05, 0.1) is 12.6 Å². The Bertz CT molecular complexity index is 1090. The van der Waals surface area contributed by atoms with Gasteiger partial charge in [-0.25, -0.2) is 4.68 Å². The molecule has 2 aliphatic rings. The van der Waals surface area contributed by atoms with Crippen molar-refractivity contribution in [3.8, 4) is 5.75 Å². The Labute approximate surface area is 201 Å². The van der Waals surface area contributed by atoms with Gasteiger partial charge in [-0.1, -0.05) is 49.6 Å². The number of ether oxygens (including phenoxy) is 1. The van der Waals surface area contributed by atoms with Gasteiger partial charge in [0.15, 0.2) is 5.82 Å². The SMILES string of the molecule is O=C1CCc2cc(OCCCc3nnnn3C3CCCCC3)ccc2N1CCc1ccccc1. The van der Waals surface area contributed by atoms with Gasteiger partial charge in [0.25, 0.3) is 0 Å². The zero-order valence-electron chi connectivity index (χ0n) is 19.7. The van der Waals surface area contributed by atoms with Gasteiger partial charge in [-0.15, -0.1) is 5.10 Å². The highest BCUT2D eigenvalue weighted by Crippen LogP contribution is 2.32. The second-order valence-corrected chi connectivity index (χ2v) is 9.36. The molecule has 2 heterocycles. The Hall–Kier alpha value is -3.22. The van der Waals surface area contributed by atoms with Crippen molar-refractivity contribution >= 4 is 11.6 Å². The first-order valence-electron chi connectivity index (χ1n) is 12.6. The zero-order valence-corrected chi connectivity index (χ0v) is 19.7. The van der Waals surface area contributed by atoms with Gasteiger partial charge >= 0.3 is 0 Å². The van der Waals surface area contributed by atoms with Crippen LogP contribution in [-0.2, 0) is 24.1 Å². The summed E-state index contributed by atoms with van der Waals surface area (Å²) < 4.78 is 8.11. The van der Waals surface area contributed by atoms with E-state index in [1.54, 1.807) is 0 Å². The summed E-state index contributed by atoms with van der Waals surface area (Å²) in [4.78, 5) is 14.5. The van der Waals surface area contributed by atoms with Crippen LogP contribution < -0.4 is 9.64 Å². The average molecular weight is 460 g/mol. The molecule has 0 bridgehead atoms. The molecular formula is C27H33N5O2. The molecule has 0 N–H and O–H groups in total. The third kappa shape index (κ3) is 5.29. The summed E-state index contributed by atoms with van der Waals surface area (Å²) in [7, 11) is 0. The molecule has 7 heteroatoms. The number of rotatable bonds is 9. The minimum atomic E-state index is 0.202. The number of nitrogens with zero attached hydrogens (tertiary/aromatic N) is 5. The van der Waals surface area contributed by atoms with E-state index in [0.29, 0.717) is 25.6 Å². The van der Waals surface area contributed by atoms with Crippen LogP contribution in [0.15, 0.2) is 48.5 Å². The maximum absolute atomic E-state index is 12.6. The predicted molar refractivity (Wildman–Crippen MR) is 131 cm³/mol. The number of hydrogen-bond acceptors (Lipinski definition) is 5. The van der Waals surface area contributed by atoms with Gasteiger partial charge in [0.2, 0.25) is 5.91 Å². The maximum Gasteiger partial charge on any atom is 0.227 e. The lowest BCUT2D eigenvalue weighted by Gasteiger charge is -2.30. The fourth-order valence-corrected chi connectivity index (χ4v) is 5.16. The Kier molecular flexibility index (Phi) is 7.17. The monoisotopic (exact) mass is 459 g/mol. The first-order chi connectivity index (χ1) is 16.8. The second kappa shape index (κ2) is 10.8. The van der Waals surface area contributed by atoms with Crippen LogP contribution in [0.5, 0.6) is 5.75 Å². The van der Waals surface area contributed by atoms with Crippen LogP contribution in [0.3, 0.4) is 0 Å². The zero-order chi connectivity index (χ0) is 23.2. The third-order valence-corrected chi connectivity index (χ3v) is 7.01. The Morgan fingerprint density at radius 3 is 2.68 bits per heavy atom. The van der Waals surface area contributed by atoms with Crippen molar-refractivity contribution in [3.05, 3.63) is 65.5 Å². The molecular weight excluding hydrogens is 426 g/mol. The fourth-order valence-electron chi connectivity index (χ4n) is 5.16. The molecule has 0 radical (unpaired) electrons. The van der Waals surface area contributed by atoms with Crippen molar-refractivity contribution in [1.29, 1.82) is 0 Å². The van der Waals surface area contributed by atoms with Crippen molar-refractivity contribution < 1.29 is 9.53 Å². The molecule has 2 aromatic carbocycles. The van der Waals surface area contributed by atoms with Gasteiger partial charge in [-0.05, 0) is 71.9 Å². The van der Waals surface area contributed by atoms with E-state index < -0.39 is 0 Å². The predicted octanol–water partition coefficient (Wildman–Crippen LogP) is 4.71. The molecule has 178 valence electrons. The molecule has 34 heavy (non-hydrogen) atoms. The maximum atomic E-state index is 12.6. The van der Waals surface area contributed by atoms with Crippen LogP contribution in [0.25, 0.3) is 0 Å². The summed E-state index contributed by atoms with van der Waals surface area (Å²) in [6, 6.07) is 16.9. The molecule has 1 saturated carbocycles. The molecule has 1 aliphatic carbocycles. The summed E-state index contributed by atoms with van der Waals surface area (Å²) in [5.41, 5.74) is 3.45. The van der Waals surface area contributed by atoms with Crippen molar-refractivity contribution in [2.24, 2.45) is 0 Å². The Balaban J connectivity index is 1.15. The molecule has 0 atom stereocenters. The normalized spacial score (nSPS) is 16.5. The van der Waals surface area contributed by atoms with Crippen molar-refractivity contribution in [3.63, 3.8) is 0 Å². The summed E-state index contributed by atoms with van der Waals surface area (Å²) in [5.74, 6) is 2.03. The van der Waals surface area contributed by atoms with E-state index >= 15 is 0 Å². The number of carbonyl (C=O) groups is 1. The highest BCUT2D eigenvalue weighted by atomic mass is 16.5. The Morgan fingerprint density at radius 1 is 0.971 bits per heavy atom. The van der Waals surface area contributed by atoms with E-state index in [4.69, 9.17) is 4.74 Å². The molecule has 5 rings (SSSR count). The lowest BCUT2D eigenvalue weighted by molar-refractivity contribution is -0.118. The van der Waals surface area contributed by atoms with Crippen LogP contribution in [-0.4, -0.2) is 39.3 Å². The van der Waals surface area contributed by atoms with Gasteiger partial charge in [0, 0.05) is 25.1 Å². The quantitative estimate of drug-likeness (QED) is 0.433. The van der Waals surface area contributed by atoms with Crippen LogP contribution in [0.1, 0.15) is 67.9 Å². The van der Waals surface area contributed by atoms with E-state index in [2.05, 4.69) is 33.7 Å².